The number of halogens is 1. The van der Waals surface area contributed by atoms with E-state index < -0.39 is 0 Å². The molecule has 0 spiro atoms. The van der Waals surface area contributed by atoms with E-state index in [-0.39, 0.29) is 30.1 Å². The molecule has 0 bridgehead atoms. The summed E-state index contributed by atoms with van der Waals surface area (Å²) in [7, 11) is 0. The van der Waals surface area contributed by atoms with Crippen LogP contribution in [0.1, 0.15) is 30.1 Å². The van der Waals surface area contributed by atoms with Gasteiger partial charge in [0.05, 0.1) is 11.3 Å². The fraction of sp³-hybridized carbons (Fsp3) is 0.467. The van der Waals surface area contributed by atoms with E-state index >= 15 is 0 Å². The second-order valence-electron chi connectivity index (χ2n) is 5.21. The van der Waals surface area contributed by atoms with Gasteiger partial charge in [-0.2, -0.15) is 0 Å². The Morgan fingerprint density at radius 2 is 2.00 bits per heavy atom. The first-order chi connectivity index (χ1) is 9.63. The Morgan fingerprint density at radius 3 is 2.62 bits per heavy atom. The van der Waals surface area contributed by atoms with Crippen LogP contribution in [0.5, 0.6) is 0 Å². The summed E-state index contributed by atoms with van der Waals surface area (Å²) < 4.78 is 0. The molecule has 1 saturated carbocycles. The lowest BCUT2D eigenvalue weighted by Crippen LogP contribution is -2.30. The van der Waals surface area contributed by atoms with Crippen LogP contribution in [0.3, 0.4) is 0 Å². The number of nitrogens with two attached hydrogens (primary N) is 1. The molecule has 1 unspecified atom stereocenters. The van der Waals surface area contributed by atoms with E-state index in [1.165, 1.54) is 0 Å². The third-order valence-corrected chi connectivity index (χ3v) is 3.60. The van der Waals surface area contributed by atoms with E-state index in [0.29, 0.717) is 30.3 Å². The first kappa shape index (κ1) is 17.5. The maximum atomic E-state index is 12.1. The lowest BCUT2D eigenvalue weighted by atomic mass is 10.0. The summed E-state index contributed by atoms with van der Waals surface area (Å²) in [5, 5.41) is 5.57. The third kappa shape index (κ3) is 4.72. The number of hydrogen-bond acceptors (Lipinski definition) is 3. The number of carbonyl (C=O) groups is 2. The molecule has 1 aromatic rings. The molecule has 2 rings (SSSR count). The van der Waals surface area contributed by atoms with Crippen LogP contribution in [0.15, 0.2) is 24.3 Å². The van der Waals surface area contributed by atoms with Gasteiger partial charge in [-0.25, -0.2) is 0 Å². The minimum Gasteiger partial charge on any atom is -0.351 e. The zero-order valence-corrected chi connectivity index (χ0v) is 12.9. The van der Waals surface area contributed by atoms with Gasteiger partial charge in [-0.15, -0.1) is 12.4 Å². The number of anilines is 1. The van der Waals surface area contributed by atoms with Gasteiger partial charge in [0.25, 0.3) is 5.91 Å². The summed E-state index contributed by atoms with van der Waals surface area (Å²) in [6, 6.07) is 7.02. The van der Waals surface area contributed by atoms with Crippen LogP contribution in [0.2, 0.25) is 0 Å². The van der Waals surface area contributed by atoms with E-state index in [1.54, 1.807) is 24.3 Å². The highest BCUT2D eigenvalue weighted by Crippen LogP contribution is 2.37. The van der Waals surface area contributed by atoms with E-state index in [1.807, 2.05) is 6.92 Å². The van der Waals surface area contributed by atoms with Crippen molar-refractivity contribution >= 4 is 29.9 Å². The highest BCUT2D eigenvalue weighted by Gasteiger charge is 2.32. The number of nitrogens with one attached hydrogen (secondary N) is 2. The average Bonchev–Trinajstić information content (AvgIpc) is 3.29. The fourth-order valence-corrected chi connectivity index (χ4v) is 2.13. The van der Waals surface area contributed by atoms with Crippen molar-refractivity contribution < 1.29 is 9.59 Å². The van der Waals surface area contributed by atoms with Crippen molar-refractivity contribution in [3.05, 3.63) is 29.8 Å². The van der Waals surface area contributed by atoms with Crippen LogP contribution < -0.4 is 16.4 Å². The third-order valence-electron chi connectivity index (χ3n) is 3.60. The summed E-state index contributed by atoms with van der Waals surface area (Å²) in [5.41, 5.74) is 6.39. The SMILES string of the molecule is CC(C(=O)Nc1ccccc1C(=O)NCCN)C1CC1.Cl. The Balaban J connectivity index is 0.00000220. The maximum absolute atomic E-state index is 12.1. The summed E-state index contributed by atoms with van der Waals surface area (Å²) >= 11 is 0. The maximum Gasteiger partial charge on any atom is 0.253 e. The van der Waals surface area contributed by atoms with Crippen molar-refractivity contribution in [1.29, 1.82) is 0 Å². The van der Waals surface area contributed by atoms with Gasteiger partial charge in [0.2, 0.25) is 5.91 Å². The molecule has 1 aliphatic carbocycles. The Kier molecular flexibility index (Phi) is 6.65. The van der Waals surface area contributed by atoms with Crippen molar-refractivity contribution in [3.63, 3.8) is 0 Å². The first-order valence-corrected chi connectivity index (χ1v) is 7.01. The summed E-state index contributed by atoms with van der Waals surface area (Å²) in [5.74, 6) is 0.250. The second-order valence-corrected chi connectivity index (χ2v) is 5.21. The Morgan fingerprint density at radius 1 is 1.33 bits per heavy atom. The number of hydrogen-bond donors (Lipinski definition) is 3. The normalized spacial score (nSPS) is 14.8. The van der Waals surface area contributed by atoms with E-state index in [9.17, 15) is 9.59 Å². The first-order valence-electron chi connectivity index (χ1n) is 7.01. The molecule has 0 heterocycles. The molecule has 2 amide bonds. The molecule has 0 aromatic heterocycles. The van der Waals surface area contributed by atoms with Gasteiger partial charge in [-0.1, -0.05) is 19.1 Å². The van der Waals surface area contributed by atoms with Crippen LogP contribution in [0, 0.1) is 11.8 Å². The lowest BCUT2D eigenvalue weighted by Gasteiger charge is -2.14. The smallest absolute Gasteiger partial charge is 0.253 e. The standard InChI is InChI=1S/C15H21N3O2.ClH/c1-10(11-6-7-11)14(19)18-13-5-3-2-4-12(13)15(20)17-9-8-16;/h2-5,10-11H,6-9,16H2,1H3,(H,17,20)(H,18,19);1H. The van der Waals surface area contributed by atoms with Crippen molar-refractivity contribution in [1.82, 2.24) is 5.32 Å². The highest BCUT2D eigenvalue weighted by molar-refractivity contribution is 6.04. The molecule has 0 radical (unpaired) electrons. The molecule has 1 fully saturated rings. The zero-order valence-electron chi connectivity index (χ0n) is 12.1. The molecule has 1 aromatic carbocycles. The van der Waals surface area contributed by atoms with Gasteiger partial charge in [0, 0.05) is 19.0 Å². The Labute approximate surface area is 131 Å². The molecule has 0 aliphatic heterocycles. The number of amides is 2. The Bertz CT molecular complexity index is 503. The van der Waals surface area contributed by atoms with E-state index in [2.05, 4.69) is 10.6 Å². The second kappa shape index (κ2) is 8.00. The van der Waals surface area contributed by atoms with Gasteiger partial charge in [0.1, 0.15) is 0 Å². The molecule has 21 heavy (non-hydrogen) atoms. The van der Waals surface area contributed by atoms with Gasteiger partial charge in [-0.05, 0) is 30.9 Å². The molecule has 6 heteroatoms. The molecular weight excluding hydrogens is 290 g/mol. The summed E-state index contributed by atoms with van der Waals surface area (Å²) in [4.78, 5) is 24.1. The van der Waals surface area contributed by atoms with Crippen molar-refractivity contribution in [2.24, 2.45) is 17.6 Å². The van der Waals surface area contributed by atoms with Crippen molar-refractivity contribution in [2.45, 2.75) is 19.8 Å². The quantitative estimate of drug-likeness (QED) is 0.748. The minimum absolute atomic E-state index is 0. The number of rotatable bonds is 6. The molecule has 116 valence electrons. The molecular formula is C15H22ClN3O2. The number of benzene rings is 1. The molecule has 0 saturated heterocycles. The van der Waals surface area contributed by atoms with Gasteiger partial charge in [0.15, 0.2) is 0 Å². The zero-order chi connectivity index (χ0) is 14.5. The van der Waals surface area contributed by atoms with Crippen LogP contribution in [0.25, 0.3) is 0 Å². The van der Waals surface area contributed by atoms with Crippen molar-refractivity contribution in [3.8, 4) is 0 Å². The number of carbonyl (C=O) groups excluding carboxylic acids is 2. The van der Waals surface area contributed by atoms with Crippen LogP contribution in [0.4, 0.5) is 5.69 Å². The topological polar surface area (TPSA) is 84.2 Å². The summed E-state index contributed by atoms with van der Waals surface area (Å²) in [6.07, 6.45) is 2.24. The predicted molar refractivity (Wildman–Crippen MR) is 85.6 cm³/mol. The number of para-hydroxylation sites is 1. The minimum atomic E-state index is -0.217. The monoisotopic (exact) mass is 311 g/mol. The lowest BCUT2D eigenvalue weighted by molar-refractivity contribution is -0.119. The predicted octanol–water partition coefficient (Wildman–Crippen LogP) is 1.78. The largest absolute Gasteiger partial charge is 0.351 e. The van der Waals surface area contributed by atoms with Gasteiger partial charge < -0.3 is 16.4 Å². The Hall–Kier alpha value is -1.59. The average molecular weight is 312 g/mol. The van der Waals surface area contributed by atoms with Crippen LogP contribution >= 0.6 is 12.4 Å². The van der Waals surface area contributed by atoms with E-state index in [4.69, 9.17) is 5.73 Å². The summed E-state index contributed by atoms with van der Waals surface area (Å²) in [6.45, 7) is 2.74. The molecule has 4 N–H and O–H groups in total. The molecule has 5 nitrogen and oxygen atoms in total. The van der Waals surface area contributed by atoms with Crippen LogP contribution in [-0.4, -0.2) is 24.9 Å². The van der Waals surface area contributed by atoms with Crippen LogP contribution in [-0.2, 0) is 4.79 Å². The fourth-order valence-electron chi connectivity index (χ4n) is 2.13. The molecule has 1 aliphatic rings. The van der Waals surface area contributed by atoms with Gasteiger partial charge >= 0.3 is 0 Å². The van der Waals surface area contributed by atoms with Crippen molar-refractivity contribution in [2.75, 3.05) is 18.4 Å². The van der Waals surface area contributed by atoms with Gasteiger partial charge in [-0.3, -0.25) is 9.59 Å². The highest BCUT2D eigenvalue weighted by atomic mass is 35.5. The molecule has 1 atom stereocenters. The van der Waals surface area contributed by atoms with E-state index in [0.717, 1.165) is 12.8 Å².